The highest BCUT2D eigenvalue weighted by Crippen LogP contribution is 2.34. The average Bonchev–Trinajstić information content (AvgIpc) is 3.39. The van der Waals surface area contributed by atoms with Crippen molar-refractivity contribution in [1.82, 2.24) is 14.7 Å². The number of nitrogens with zero attached hydrogens (tertiary/aromatic N) is 3. The zero-order valence-corrected chi connectivity index (χ0v) is 17.4. The van der Waals surface area contributed by atoms with Gasteiger partial charge in [-0.25, -0.2) is 0 Å². The smallest absolute Gasteiger partial charge is 0.222 e. The molecule has 1 atom stereocenters. The standard InChI is InChI=1S/C25H27N3O2/c1-27-15-17(14-26-27)7-12-23(29)28-13-3-5-20(16-28)25(30)22-11-10-19-9-8-18-4-2-6-21(22)24(18)19/h2,4,6,10-11,14-15,20H,3,5,7-9,12-13,16H2,1H3/t20-/m0/s1. The fourth-order valence-electron chi connectivity index (χ4n) is 5.11. The van der Waals surface area contributed by atoms with E-state index < -0.39 is 0 Å². The van der Waals surface area contributed by atoms with Crippen LogP contribution in [-0.2, 0) is 31.1 Å². The molecule has 5 rings (SSSR count). The predicted octanol–water partition coefficient (Wildman–Crippen LogP) is 3.73. The number of hydrogen-bond donors (Lipinski definition) is 0. The lowest BCUT2D eigenvalue weighted by atomic mass is 9.87. The van der Waals surface area contributed by atoms with Crippen molar-refractivity contribution in [1.29, 1.82) is 0 Å². The van der Waals surface area contributed by atoms with E-state index in [0.29, 0.717) is 19.4 Å². The summed E-state index contributed by atoms with van der Waals surface area (Å²) in [4.78, 5) is 28.1. The molecule has 1 aliphatic carbocycles. The van der Waals surface area contributed by atoms with Crippen LogP contribution in [0.25, 0.3) is 10.8 Å². The van der Waals surface area contributed by atoms with Crippen LogP contribution < -0.4 is 0 Å². The highest BCUT2D eigenvalue weighted by atomic mass is 16.2. The minimum Gasteiger partial charge on any atom is -0.342 e. The molecule has 1 fully saturated rings. The predicted molar refractivity (Wildman–Crippen MR) is 117 cm³/mol. The van der Waals surface area contributed by atoms with Gasteiger partial charge in [0.25, 0.3) is 0 Å². The van der Waals surface area contributed by atoms with Crippen LogP contribution in [0.4, 0.5) is 0 Å². The molecule has 5 heteroatoms. The Morgan fingerprint density at radius 3 is 2.77 bits per heavy atom. The van der Waals surface area contributed by atoms with E-state index in [1.165, 1.54) is 16.5 Å². The van der Waals surface area contributed by atoms with E-state index in [4.69, 9.17) is 0 Å². The molecule has 2 aliphatic rings. The SMILES string of the molecule is Cn1cc(CCC(=O)N2CCC[C@H](C(=O)c3ccc4c5c(cccc35)CC4)C2)cn1. The Morgan fingerprint density at radius 2 is 1.97 bits per heavy atom. The van der Waals surface area contributed by atoms with Crippen molar-refractivity contribution >= 4 is 22.5 Å². The minimum atomic E-state index is -0.112. The fourth-order valence-corrected chi connectivity index (χ4v) is 5.11. The Bertz CT molecular complexity index is 1120. The maximum atomic E-state index is 13.5. The summed E-state index contributed by atoms with van der Waals surface area (Å²) >= 11 is 0. The van der Waals surface area contributed by atoms with Gasteiger partial charge < -0.3 is 4.90 Å². The van der Waals surface area contributed by atoms with Gasteiger partial charge in [0, 0.05) is 44.2 Å². The summed E-state index contributed by atoms with van der Waals surface area (Å²) in [5.41, 5.74) is 4.61. The monoisotopic (exact) mass is 401 g/mol. The molecular formula is C25H27N3O2. The van der Waals surface area contributed by atoms with E-state index in [2.05, 4.69) is 29.4 Å². The van der Waals surface area contributed by atoms with Crippen LogP contribution in [0.3, 0.4) is 0 Å². The van der Waals surface area contributed by atoms with Gasteiger partial charge in [0.1, 0.15) is 0 Å². The molecule has 1 aromatic heterocycles. The second kappa shape index (κ2) is 7.71. The van der Waals surface area contributed by atoms with Crippen molar-refractivity contribution in [2.24, 2.45) is 13.0 Å². The summed E-state index contributed by atoms with van der Waals surface area (Å²) < 4.78 is 1.76. The number of amides is 1. The van der Waals surface area contributed by atoms with Crippen molar-refractivity contribution in [3.8, 4) is 0 Å². The van der Waals surface area contributed by atoms with Gasteiger partial charge in [-0.1, -0.05) is 30.3 Å². The van der Waals surface area contributed by atoms with Gasteiger partial charge in [0.2, 0.25) is 5.91 Å². The number of rotatable bonds is 5. The molecule has 0 unspecified atom stereocenters. The lowest BCUT2D eigenvalue weighted by Crippen LogP contribution is -2.42. The lowest BCUT2D eigenvalue weighted by molar-refractivity contribution is -0.132. The first-order chi connectivity index (χ1) is 14.6. The fraction of sp³-hybridized carbons (Fsp3) is 0.400. The first-order valence-corrected chi connectivity index (χ1v) is 10.9. The van der Waals surface area contributed by atoms with Crippen LogP contribution in [0.15, 0.2) is 42.7 Å². The Balaban J connectivity index is 1.31. The van der Waals surface area contributed by atoms with E-state index >= 15 is 0 Å². The third kappa shape index (κ3) is 3.42. The molecule has 0 N–H and O–H groups in total. The number of carbonyl (C=O) groups is 2. The van der Waals surface area contributed by atoms with Gasteiger partial charge in [-0.2, -0.15) is 5.10 Å². The number of likely N-dealkylation sites (tertiary alicyclic amines) is 1. The Kier molecular flexibility index (Phi) is 4.89. The van der Waals surface area contributed by atoms with E-state index in [9.17, 15) is 9.59 Å². The quantitative estimate of drug-likeness (QED) is 0.612. The normalized spacial score (nSPS) is 18.2. The Hall–Kier alpha value is -2.95. The van der Waals surface area contributed by atoms with Crippen LogP contribution in [0, 0.1) is 5.92 Å². The molecule has 0 radical (unpaired) electrons. The van der Waals surface area contributed by atoms with Gasteiger partial charge in [-0.05, 0) is 59.6 Å². The summed E-state index contributed by atoms with van der Waals surface area (Å²) in [7, 11) is 1.88. The first-order valence-electron chi connectivity index (χ1n) is 10.9. The van der Waals surface area contributed by atoms with Gasteiger partial charge in [0.15, 0.2) is 5.78 Å². The molecule has 0 spiro atoms. The van der Waals surface area contributed by atoms with Gasteiger partial charge >= 0.3 is 0 Å². The number of aromatic nitrogens is 2. The zero-order chi connectivity index (χ0) is 20.7. The third-order valence-corrected chi connectivity index (χ3v) is 6.67. The number of ketones is 1. The minimum absolute atomic E-state index is 0.112. The summed E-state index contributed by atoms with van der Waals surface area (Å²) in [6.07, 6.45) is 8.78. The molecule has 2 aromatic carbocycles. The molecule has 3 aromatic rings. The van der Waals surface area contributed by atoms with Crippen molar-refractivity contribution in [3.05, 3.63) is 65.0 Å². The van der Waals surface area contributed by atoms with Gasteiger partial charge in [-0.3, -0.25) is 14.3 Å². The number of hydrogen-bond acceptors (Lipinski definition) is 3. The molecule has 1 saturated heterocycles. The van der Waals surface area contributed by atoms with Crippen LogP contribution in [0.1, 0.15) is 46.3 Å². The average molecular weight is 402 g/mol. The Labute approximate surface area is 176 Å². The summed E-state index contributed by atoms with van der Waals surface area (Å²) in [6, 6.07) is 10.5. The number of piperidine rings is 1. The molecular weight excluding hydrogens is 374 g/mol. The van der Waals surface area contributed by atoms with E-state index in [1.807, 2.05) is 30.4 Å². The topological polar surface area (TPSA) is 55.2 Å². The van der Waals surface area contributed by atoms with Crippen molar-refractivity contribution in [3.63, 3.8) is 0 Å². The van der Waals surface area contributed by atoms with Crippen LogP contribution in [0.2, 0.25) is 0 Å². The number of benzene rings is 2. The van der Waals surface area contributed by atoms with Crippen LogP contribution >= 0.6 is 0 Å². The second-order valence-corrected chi connectivity index (χ2v) is 8.68. The lowest BCUT2D eigenvalue weighted by Gasteiger charge is -2.32. The summed E-state index contributed by atoms with van der Waals surface area (Å²) in [6.45, 7) is 1.28. The molecule has 1 aliphatic heterocycles. The van der Waals surface area contributed by atoms with Gasteiger partial charge in [-0.15, -0.1) is 0 Å². The van der Waals surface area contributed by atoms with Crippen molar-refractivity contribution < 1.29 is 9.59 Å². The highest BCUT2D eigenvalue weighted by Gasteiger charge is 2.30. The molecule has 30 heavy (non-hydrogen) atoms. The molecule has 2 heterocycles. The van der Waals surface area contributed by atoms with E-state index in [1.54, 1.807) is 4.68 Å². The van der Waals surface area contributed by atoms with E-state index in [0.717, 1.165) is 48.7 Å². The number of carbonyl (C=O) groups excluding carboxylic acids is 2. The maximum absolute atomic E-state index is 13.5. The first kappa shape index (κ1) is 19.0. The molecule has 5 nitrogen and oxygen atoms in total. The maximum Gasteiger partial charge on any atom is 0.222 e. The second-order valence-electron chi connectivity index (χ2n) is 8.68. The van der Waals surface area contributed by atoms with Crippen LogP contribution in [-0.4, -0.2) is 39.5 Å². The molecule has 0 bridgehead atoms. The number of Topliss-reactive ketones (excluding diaryl/α,β-unsaturated/α-hetero) is 1. The van der Waals surface area contributed by atoms with Crippen molar-refractivity contribution in [2.45, 2.75) is 38.5 Å². The highest BCUT2D eigenvalue weighted by molar-refractivity contribution is 6.11. The number of aryl methyl sites for hydroxylation is 4. The Morgan fingerprint density at radius 1 is 1.13 bits per heavy atom. The van der Waals surface area contributed by atoms with E-state index in [-0.39, 0.29) is 17.6 Å². The van der Waals surface area contributed by atoms with Crippen molar-refractivity contribution in [2.75, 3.05) is 13.1 Å². The summed E-state index contributed by atoms with van der Waals surface area (Å²) in [5.74, 6) is 0.215. The molecule has 154 valence electrons. The third-order valence-electron chi connectivity index (χ3n) is 6.67. The molecule has 0 saturated carbocycles. The summed E-state index contributed by atoms with van der Waals surface area (Å²) in [5, 5.41) is 6.54. The zero-order valence-electron chi connectivity index (χ0n) is 17.4. The molecule has 1 amide bonds. The largest absolute Gasteiger partial charge is 0.342 e. The van der Waals surface area contributed by atoms with Crippen LogP contribution in [0.5, 0.6) is 0 Å². The van der Waals surface area contributed by atoms with Gasteiger partial charge in [0.05, 0.1) is 6.20 Å².